The number of methoxy groups -OCH3 is 1. The van der Waals surface area contributed by atoms with E-state index in [1.165, 1.54) is 5.56 Å². The Bertz CT molecular complexity index is 839. The number of nitrogens with one attached hydrogen (secondary N) is 1. The number of hydrogen-bond donors (Lipinski definition) is 1. The summed E-state index contributed by atoms with van der Waals surface area (Å²) >= 11 is 0. The lowest BCUT2D eigenvalue weighted by molar-refractivity contribution is 0.0586. The van der Waals surface area contributed by atoms with Crippen LogP contribution in [0.15, 0.2) is 55.1 Å². The topological polar surface area (TPSA) is 64.9 Å². The van der Waals surface area contributed by atoms with Crippen molar-refractivity contribution in [3.8, 4) is 11.4 Å². The molecule has 1 aromatic carbocycles. The Morgan fingerprint density at radius 1 is 1.04 bits per heavy atom. The van der Waals surface area contributed by atoms with Gasteiger partial charge in [-0.3, -0.25) is 0 Å². The number of anilines is 1. The molecule has 27 heavy (non-hydrogen) atoms. The first-order valence-electron chi connectivity index (χ1n) is 9.49. The Morgan fingerprint density at radius 3 is 2.48 bits per heavy atom. The average Bonchev–Trinajstić information content (AvgIpc) is 3.23. The summed E-state index contributed by atoms with van der Waals surface area (Å²) in [7, 11) is 1.80. The smallest absolute Gasteiger partial charge is 0.222 e. The van der Waals surface area contributed by atoms with Crippen LogP contribution in [0.5, 0.6) is 0 Å². The molecule has 3 aromatic rings. The van der Waals surface area contributed by atoms with E-state index < -0.39 is 0 Å². The molecule has 6 nitrogen and oxygen atoms in total. The summed E-state index contributed by atoms with van der Waals surface area (Å²) in [6, 6.07) is 10.7. The van der Waals surface area contributed by atoms with E-state index >= 15 is 0 Å². The first-order valence-corrected chi connectivity index (χ1v) is 9.49. The van der Waals surface area contributed by atoms with Gasteiger partial charge in [0.15, 0.2) is 0 Å². The molecule has 140 valence electrons. The van der Waals surface area contributed by atoms with Crippen LogP contribution in [0.2, 0.25) is 0 Å². The molecule has 1 aliphatic carbocycles. The fourth-order valence-corrected chi connectivity index (χ4v) is 3.70. The van der Waals surface area contributed by atoms with Crippen LogP contribution < -0.4 is 5.32 Å². The highest BCUT2D eigenvalue weighted by Gasteiger charge is 2.24. The van der Waals surface area contributed by atoms with Crippen LogP contribution in [0.1, 0.15) is 37.3 Å². The minimum Gasteiger partial charge on any atom is -0.381 e. The van der Waals surface area contributed by atoms with Gasteiger partial charge in [0.25, 0.3) is 0 Å². The van der Waals surface area contributed by atoms with Crippen molar-refractivity contribution in [1.82, 2.24) is 19.5 Å². The standard InChI is InChI=1S/C21H25N5O/c1-27-19-9-7-18(8-10-19)26-12-11-22-20(26)17-14-24-21(25-15-17)23-13-16-5-3-2-4-6-16/h2-6,11-12,14-15,18-19H,7-10,13H2,1H3,(H,23,24,25). The number of hydrogen-bond acceptors (Lipinski definition) is 5. The minimum absolute atomic E-state index is 0.395. The van der Waals surface area contributed by atoms with Gasteiger partial charge in [-0.1, -0.05) is 30.3 Å². The van der Waals surface area contributed by atoms with Crippen molar-refractivity contribution in [2.45, 2.75) is 44.4 Å². The molecule has 4 rings (SSSR count). The predicted octanol–water partition coefficient (Wildman–Crippen LogP) is 4.08. The predicted molar refractivity (Wildman–Crippen MR) is 105 cm³/mol. The van der Waals surface area contributed by atoms with Crippen LogP contribution in [0.4, 0.5) is 5.95 Å². The van der Waals surface area contributed by atoms with Crippen LogP contribution in [0.3, 0.4) is 0 Å². The summed E-state index contributed by atoms with van der Waals surface area (Å²) in [5.41, 5.74) is 2.14. The van der Waals surface area contributed by atoms with Gasteiger partial charge < -0.3 is 14.6 Å². The molecule has 1 N–H and O–H groups in total. The molecule has 0 amide bonds. The van der Waals surface area contributed by atoms with Crippen molar-refractivity contribution in [2.75, 3.05) is 12.4 Å². The molecule has 1 aliphatic rings. The van der Waals surface area contributed by atoms with Crippen molar-refractivity contribution >= 4 is 5.95 Å². The molecule has 0 radical (unpaired) electrons. The molecule has 1 saturated carbocycles. The van der Waals surface area contributed by atoms with Crippen molar-refractivity contribution in [2.24, 2.45) is 0 Å². The first-order chi connectivity index (χ1) is 13.3. The number of nitrogens with zero attached hydrogens (tertiary/aromatic N) is 4. The molecule has 2 heterocycles. The third-order valence-corrected chi connectivity index (χ3v) is 5.24. The quantitative estimate of drug-likeness (QED) is 0.715. The second-order valence-corrected chi connectivity index (χ2v) is 6.96. The third-order valence-electron chi connectivity index (χ3n) is 5.24. The Labute approximate surface area is 159 Å². The highest BCUT2D eigenvalue weighted by Crippen LogP contribution is 2.32. The van der Waals surface area contributed by atoms with E-state index in [1.807, 2.05) is 36.8 Å². The van der Waals surface area contributed by atoms with Crippen molar-refractivity contribution in [3.63, 3.8) is 0 Å². The van der Waals surface area contributed by atoms with Crippen molar-refractivity contribution in [3.05, 3.63) is 60.7 Å². The van der Waals surface area contributed by atoms with Crippen LogP contribution in [-0.4, -0.2) is 32.7 Å². The van der Waals surface area contributed by atoms with Gasteiger partial charge in [-0.25, -0.2) is 15.0 Å². The zero-order chi connectivity index (χ0) is 18.5. The van der Waals surface area contributed by atoms with E-state index in [-0.39, 0.29) is 0 Å². The maximum Gasteiger partial charge on any atom is 0.222 e. The van der Waals surface area contributed by atoms with Gasteiger partial charge in [-0.05, 0) is 31.2 Å². The molecular weight excluding hydrogens is 338 g/mol. The summed E-state index contributed by atoms with van der Waals surface area (Å²) < 4.78 is 7.75. The number of rotatable bonds is 6. The molecule has 0 bridgehead atoms. The molecule has 0 spiro atoms. The molecule has 6 heteroatoms. The summed E-state index contributed by atoms with van der Waals surface area (Å²) in [6.45, 7) is 0.706. The minimum atomic E-state index is 0.395. The lowest BCUT2D eigenvalue weighted by Crippen LogP contribution is -2.22. The molecule has 0 saturated heterocycles. The summed E-state index contributed by atoms with van der Waals surface area (Å²) in [5, 5.41) is 3.26. The molecular formula is C21H25N5O. The lowest BCUT2D eigenvalue weighted by Gasteiger charge is -2.29. The third kappa shape index (κ3) is 4.17. The summed E-state index contributed by atoms with van der Waals surface area (Å²) in [4.78, 5) is 13.5. The van der Waals surface area contributed by atoms with Gasteiger partial charge >= 0.3 is 0 Å². The molecule has 0 unspecified atom stereocenters. The van der Waals surface area contributed by atoms with Crippen molar-refractivity contribution in [1.29, 1.82) is 0 Å². The van der Waals surface area contributed by atoms with Gasteiger partial charge in [0, 0.05) is 44.5 Å². The van der Waals surface area contributed by atoms with E-state index in [1.54, 1.807) is 7.11 Å². The monoisotopic (exact) mass is 363 g/mol. The Hall–Kier alpha value is -2.73. The normalized spacial score (nSPS) is 19.7. The zero-order valence-electron chi connectivity index (χ0n) is 15.6. The van der Waals surface area contributed by atoms with Gasteiger partial charge in [0.2, 0.25) is 5.95 Å². The van der Waals surface area contributed by atoms with Gasteiger partial charge in [-0.15, -0.1) is 0 Å². The Balaban J connectivity index is 1.43. The van der Waals surface area contributed by atoms with Gasteiger partial charge in [-0.2, -0.15) is 0 Å². The highest BCUT2D eigenvalue weighted by atomic mass is 16.5. The second kappa shape index (κ2) is 8.31. The zero-order valence-corrected chi connectivity index (χ0v) is 15.6. The van der Waals surface area contributed by atoms with Crippen LogP contribution in [0.25, 0.3) is 11.4 Å². The number of aromatic nitrogens is 4. The first kappa shape index (κ1) is 17.7. The number of benzene rings is 1. The summed E-state index contributed by atoms with van der Waals surface area (Å²) in [5.74, 6) is 1.56. The fourth-order valence-electron chi connectivity index (χ4n) is 3.70. The van der Waals surface area contributed by atoms with E-state index in [2.05, 4.69) is 43.2 Å². The van der Waals surface area contributed by atoms with E-state index in [0.29, 0.717) is 24.6 Å². The SMILES string of the molecule is COC1CCC(n2ccnc2-c2cnc(NCc3ccccc3)nc2)CC1. The van der Waals surface area contributed by atoms with E-state index in [4.69, 9.17) is 4.74 Å². The molecule has 2 aromatic heterocycles. The molecule has 0 atom stereocenters. The molecule has 1 fully saturated rings. The van der Waals surface area contributed by atoms with Crippen LogP contribution >= 0.6 is 0 Å². The maximum atomic E-state index is 5.49. The maximum absolute atomic E-state index is 5.49. The van der Waals surface area contributed by atoms with Gasteiger partial charge in [0.05, 0.1) is 11.7 Å². The van der Waals surface area contributed by atoms with E-state index in [0.717, 1.165) is 37.1 Å². The van der Waals surface area contributed by atoms with E-state index in [9.17, 15) is 0 Å². The number of ether oxygens (including phenoxy) is 1. The average molecular weight is 363 g/mol. The van der Waals surface area contributed by atoms with Crippen LogP contribution in [0, 0.1) is 0 Å². The largest absolute Gasteiger partial charge is 0.381 e. The Kier molecular flexibility index (Phi) is 5.44. The fraction of sp³-hybridized carbons (Fsp3) is 0.381. The number of imidazole rings is 1. The van der Waals surface area contributed by atoms with Crippen LogP contribution in [-0.2, 0) is 11.3 Å². The second-order valence-electron chi connectivity index (χ2n) is 6.96. The van der Waals surface area contributed by atoms with Crippen molar-refractivity contribution < 1.29 is 4.74 Å². The lowest BCUT2D eigenvalue weighted by atomic mass is 9.92. The summed E-state index contributed by atoms with van der Waals surface area (Å²) in [6.07, 6.45) is 12.4. The highest BCUT2D eigenvalue weighted by molar-refractivity contribution is 5.54. The molecule has 0 aliphatic heterocycles. The van der Waals surface area contributed by atoms with Gasteiger partial charge in [0.1, 0.15) is 5.82 Å². The Morgan fingerprint density at radius 2 is 1.78 bits per heavy atom.